The summed E-state index contributed by atoms with van der Waals surface area (Å²) in [4.78, 5) is 19.2. The van der Waals surface area contributed by atoms with Crippen LogP contribution < -0.4 is 15.5 Å². The van der Waals surface area contributed by atoms with Crippen LogP contribution in [0.4, 0.5) is 10.1 Å². The zero-order valence-corrected chi connectivity index (χ0v) is 19.5. The number of anilines is 1. The van der Waals surface area contributed by atoms with Crippen molar-refractivity contribution < 1.29 is 13.7 Å². The minimum Gasteiger partial charge on any atom is -0.367 e. The average molecular weight is 452 g/mol. The van der Waals surface area contributed by atoms with E-state index in [1.807, 2.05) is 37.5 Å². The first-order valence-corrected chi connectivity index (χ1v) is 11.2. The van der Waals surface area contributed by atoms with Crippen molar-refractivity contribution in [1.82, 2.24) is 20.8 Å². The van der Waals surface area contributed by atoms with E-state index in [1.165, 1.54) is 0 Å². The zero-order chi connectivity index (χ0) is 23.6. The molecule has 1 aliphatic heterocycles. The minimum absolute atomic E-state index is 0.0748. The Morgan fingerprint density at radius 1 is 1.24 bits per heavy atom. The van der Waals surface area contributed by atoms with Crippen molar-refractivity contribution in [3.8, 4) is 11.1 Å². The van der Waals surface area contributed by atoms with E-state index in [0.717, 1.165) is 54.1 Å². The van der Waals surface area contributed by atoms with Gasteiger partial charge in [-0.05, 0) is 29.7 Å². The first-order chi connectivity index (χ1) is 15.8. The molecule has 0 radical (unpaired) electrons. The second-order valence-electron chi connectivity index (χ2n) is 9.38. The number of amides is 1. The first-order valence-electron chi connectivity index (χ1n) is 11.2. The van der Waals surface area contributed by atoms with E-state index in [4.69, 9.17) is 4.52 Å². The maximum atomic E-state index is 14.6. The van der Waals surface area contributed by atoms with Crippen LogP contribution >= 0.6 is 0 Å². The van der Waals surface area contributed by atoms with Crippen LogP contribution in [0.5, 0.6) is 0 Å². The molecule has 174 valence electrons. The summed E-state index contributed by atoms with van der Waals surface area (Å²) in [5.74, 6) is -1.22. The highest BCUT2D eigenvalue weighted by Gasteiger charge is 2.30. The lowest BCUT2D eigenvalue weighted by atomic mass is 9.92. The molecule has 0 aliphatic carbocycles. The van der Waals surface area contributed by atoms with Gasteiger partial charge < -0.3 is 20.1 Å². The highest BCUT2D eigenvalue weighted by molar-refractivity contribution is 5.92. The number of rotatable bonds is 5. The fourth-order valence-electron chi connectivity index (χ4n) is 4.00. The second-order valence-corrected chi connectivity index (χ2v) is 9.38. The van der Waals surface area contributed by atoms with Crippen molar-refractivity contribution in [2.24, 2.45) is 0 Å². The Hall–Kier alpha value is -3.26. The third kappa shape index (κ3) is 4.90. The number of carbonyl (C=O) groups excluding carboxylic acids is 1. The van der Waals surface area contributed by atoms with Crippen LogP contribution in [0.1, 0.15) is 48.1 Å². The Morgan fingerprint density at radius 3 is 2.67 bits per heavy atom. The summed E-state index contributed by atoms with van der Waals surface area (Å²) in [5, 5.41) is 9.78. The van der Waals surface area contributed by atoms with Gasteiger partial charge in [-0.2, -0.15) is 0 Å². The Kier molecular flexibility index (Phi) is 6.47. The van der Waals surface area contributed by atoms with Gasteiger partial charge in [-0.15, -0.1) is 0 Å². The fourth-order valence-corrected chi connectivity index (χ4v) is 4.00. The SMILES string of the molecule is Cc1cc(-c2ccncc2N2CCNCC2)ccc1CNC(=O)c1noc(C(C)(C)C)c1F. The minimum atomic E-state index is -0.704. The van der Waals surface area contributed by atoms with E-state index in [-0.39, 0.29) is 18.0 Å². The van der Waals surface area contributed by atoms with Crippen molar-refractivity contribution in [2.75, 3.05) is 31.1 Å². The van der Waals surface area contributed by atoms with E-state index in [9.17, 15) is 9.18 Å². The number of aromatic nitrogens is 2. The van der Waals surface area contributed by atoms with E-state index < -0.39 is 17.1 Å². The van der Waals surface area contributed by atoms with E-state index in [0.29, 0.717) is 0 Å². The molecule has 0 spiro atoms. The number of pyridine rings is 1. The summed E-state index contributed by atoms with van der Waals surface area (Å²) in [7, 11) is 0. The molecule has 8 heteroatoms. The van der Waals surface area contributed by atoms with Crippen LogP contribution in [0, 0.1) is 12.7 Å². The molecule has 0 bridgehead atoms. The topological polar surface area (TPSA) is 83.3 Å². The van der Waals surface area contributed by atoms with E-state index in [1.54, 1.807) is 20.8 Å². The molecule has 7 nitrogen and oxygen atoms in total. The van der Waals surface area contributed by atoms with E-state index >= 15 is 0 Å². The standard InChI is InChI=1S/C25H30FN5O2/c1-16-13-17(19-7-8-28-15-20(19)31-11-9-27-10-12-31)5-6-18(16)14-29-24(32)22-21(26)23(33-30-22)25(2,3)4/h5-8,13,15,27H,9-12,14H2,1-4H3,(H,29,32). The molecule has 3 heterocycles. The normalized spacial score (nSPS) is 14.4. The molecule has 1 fully saturated rings. The van der Waals surface area contributed by atoms with Gasteiger partial charge in [0.1, 0.15) is 0 Å². The smallest absolute Gasteiger partial charge is 0.276 e. The van der Waals surface area contributed by atoms with Gasteiger partial charge in [-0.3, -0.25) is 9.78 Å². The molecule has 1 saturated heterocycles. The lowest BCUT2D eigenvalue weighted by Crippen LogP contribution is -2.43. The molecule has 1 aromatic carbocycles. The predicted octanol–water partition coefficient (Wildman–Crippen LogP) is 3.82. The Morgan fingerprint density at radius 2 is 2.00 bits per heavy atom. The maximum Gasteiger partial charge on any atom is 0.276 e. The molecule has 1 aliphatic rings. The third-order valence-corrected chi connectivity index (χ3v) is 5.88. The number of hydrogen-bond acceptors (Lipinski definition) is 6. The van der Waals surface area contributed by atoms with Crippen molar-refractivity contribution in [1.29, 1.82) is 0 Å². The van der Waals surface area contributed by atoms with Gasteiger partial charge in [0, 0.05) is 49.9 Å². The number of hydrogen-bond donors (Lipinski definition) is 2. The van der Waals surface area contributed by atoms with Crippen molar-refractivity contribution in [3.05, 3.63) is 65.1 Å². The summed E-state index contributed by atoms with van der Waals surface area (Å²) in [6, 6.07) is 8.18. The molecule has 3 aromatic rings. The largest absolute Gasteiger partial charge is 0.367 e. The Labute approximate surface area is 193 Å². The quantitative estimate of drug-likeness (QED) is 0.614. The summed E-state index contributed by atoms with van der Waals surface area (Å²) in [6.07, 6.45) is 3.73. The van der Waals surface area contributed by atoms with Crippen molar-refractivity contribution in [3.63, 3.8) is 0 Å². The number of carbonyl (C=O) groups is 1. The maximum absolute atomic E-state index is 14.6. The molecule has 33 heavy (non-hydrogen) atoms. The van der Waals surface area contributed by atoms with Crippen LogP contribution in [0.15, 0.2) is 41.2 Å². The number of nitrogens with one attached hydrogen (secondary N) is 2. The summed E-state index contributed by atoms with van der Waals surface area (Å²) in [5.41, 5.74) is 4.44. The molecule has 2 aromatic heterocycles. The predicted molar refractivity (Wildman–Crippen MR) is 126 cm³/mol. The van der Waals surface area contributed by atoms with Crippen molar-refractivity contribution in [2.45, 2.75) is 39.7 Å². The van der Waals surface area contributed by atoms with Crippen LogP contribution in [0.25, 0.3) is 11.1 Å². The molecule has 0 saturated carbocycles. The van der Waals surface area contributed by atoms with Gasteiger partial charge in [-0.1, -0.05) is 44.1 Å². The Bertz CT molecular complexity index is 1150. The van der Waals surface area contributed by atoms with Gasteiger partial charge in [0.25, 0.3) is 5.91 Å². The number of nitrogens with zero attached hydrogens (tertiary/aromatic N) is 3. The van der Waals surface area contributed by atoms with Gasteiger partial charge in [0.2, 0.25) is 5.69 Å². The van der Waals surface area contributed by atoms with Gasteiger partial charge in [0.05, 0.1) is 11.9 Å². The van der Waals surface area contributed by atoms with Crippen LogP contribution in [0.3, 0.4) is 0 Å². The molecular formula is C25H30FN5O2. The number of halogens is 1. The Balaban J connectivity index is 1.49. The van der Waals surface area contributed by atoms with Gasteiger partial charge in [0.15, 0.2) is 11.6 Å². The highest BCUT2D eigenvalue weighted by atomic mass is 19.1. The van der Waals surface area contributed by atoms with Gasteiger partial charge >= 0.3 is 0 Å². The lowest BCUT2D eigenvalue weighted by molar-refractivity contribution is 0.0938. The number of aryl methyl sites for hydroxylation is 1. The molecule has 0 atom stereocenters. The second kappa shape index (κ2) is 9.31. The molecule has 4 rings (SSSR count). The zero-order valence-electron chi connectivity index (χ0n) is 19.5. The highest BCUT2D eigenvalue weighted by Crippen LogP contribution is 2.31. The summed E-state index contributed by atoms with van der Waals surface area (Å²) in [6.45, 7) is 11.5. The van der Waals surface area contributed by atoms with Gasteiger partial charge in [-0.25, -0.2) is 4.39 Å². The fraction of sp³-hybridized carbons (Fsp3) is 0.400. The third-order valence-electron chi connectivity index (χ3n) is 5.88. The average Bonchev–Trinajstić information content (AvgIpc) is 3.20. The molecular weight excluding hydrogens is 421 g/mol. The molecule has 0 unspecified atom stereocenters. The monoisotopic (exact) mass is 451 g/mol. The molecule has 2 N–H and O–H groups in total. The van der Waals surface area contributed by atoms with Crippen LogP contribution in [0.2, 0.25) is 0 Å². The first kappa shape index (κ1) is 22.9. The van der Waals surface area contributed by atoms with Crippen molar-refractivity contribution >= 4 is 11.6 Å². The number of benzene rings is 1. The molecule has 1 amide bonds. The lowest BCUT2D eigenvalue weighted by Gasteiger charge is -2.31. The van der Waals surface area contributed by atoms with E-state index in [2.05, 4.69) is 31.7 Å². The van der Waals surface area contributed by atoms with Crippen LogP contribution in [-0.2, 0) is 12.0 Å². The van der Waals surface area contributed by atoms with Crippen LogP contribution in [-0.4, -0.2) is 42.2 Å². The summed E-state index contributed by atoms with van der Waals surface area (Å²) >= 11 is 0. The summed E-state index contributed by atoms with van der Waals surface area (Å²) < 4.78 is 19.7. The number of piperazine rings is 1.